The number of benzene rings is 1. The van der Waals surface area contributed by atoms with Gasteiger partial charge in [0, 0.05) is 28.6 Å². The summed E-state index contributed by atoms with van der Waals surface area (Å²) in [6, 6.07) is 8.46. The molecule has 1 N–H and O–H groups in total. The smallest absolute Gasteiger partial charge is 0.345 e. The number of halogens is 1. The van der Waals surface area contributed by atoms with E-state index < -0.39 is 5.97 Å². The van der Waals surface area contributed by atoms with Crippen LogP contribution in [0, 0.1) is 0 Å². The molecule has 21 heavy (non-hydrogen) atoms. The molecule has 0 bridgehead atoms. The summed E-state index contributed by atoms with van der Waals surface area (Å²) in [7, 11) is 0. The van der Waals surface area contributed by atoms with Gasteiger partial charge >= 0.3 is 5.97 Å². The Hall–Kier alpha value is -1.85. The van der Waals surface area contributed by atoms with E-state index in [1.165, 1.54) is 11.3 Å². The fraction of sp³-hybridized carbons (Fsp3) is 0.200. The van der Waals surface area contributed by atoms with Gasteiger partial charge < -0.3 is 10.0 Å². The highest BCUT2D eigenvalue weighted by Crippen LogP contribution is 2.29. The maximum absolute atomic E-state index is 12.4. The minimum atomic E-state index is -0.912. The third-order valence-electron chi connectivity index (χ3n) is 3.46. The molecule has 4 nitrogen and oxygen atoms in total. The molecule has 0 unspecified atom stereocenters. The van der Waals surface area contributed by atoms with Crippen LogP contribution >= 0.6 is 22.9 Å². The quantitative estimate of drug-likeness (QED) is 0.923. The number of nitrogens with zero attached hydrogens (tertiary/aromatic N) is 1. The number of amides is 1. The predicted molar refractivity (Wildman–Crippen MR) is 81.2 cm³/mol. The van der Waals surface area contributed by atoms with Crippen molar-refractivity contribution in [2.24, 2.45) is 0 Å². The average Bonchev–Trinajstić information content (AvgIpc) is 2.90. The van der Waals surface area contributed by atoms with Crippen molar-refractivity contribution in [3.05, 3.63) is 56.2 Å². The first-order valence-corrected chi connectivity index (χ1v) is 7.64. The summed E-state index contributed by atoms with van der Waals surface area (Å²) >= 11 is 7.12. The van der Waals surface area contributed by atoms with Gasteiger partial charge in [0.2, 0.25) is 0 Å². The second-order valence-electron chi connectivity index (χ2n) is 4.85. The Balaban J connectivity index is 1.80. The first kappa shape index (κ1) is 14.1. The lowest BCUT2D eigenvalue weighted by Crippen LogP contribution is -2.35. The summed E-state index contributed by atoms with van der Waals surface area (Å²) in [5.41, 5.74) is 1.53. The van der Waals surface area contributed by atoms with Crippen LogP contribution in [0.3, 0.4) is 0 Å². The second-order valence-corrected chi connectivity index (χ2v) is 6.42. The normalized spacial score (nSPS) is 13.9. The van der Waals surface area contributed by atoms with E-state index in [1.807, 2.05) is 0 Å². The monoisotopic (exact) mass is 321 g/mol. The number of hydrogen-bond acceptors (Lipinski definition) is 3. The number of hydrogen-bond donors (Lipinski definition) is 1. The molecule has 0 aliphatic carbocycles. The predicted octanol–water partition coefficient (Wildman–Crippen LogP) is 3.30. The number of carboxylic acid groups (broad SMARTS) is 1. The van der Waals surface area contributed by atoms with E-state index in [0.29, 0.717) is 35.0 Å². The molecule has 0 spiro atoms. The first-order chi connectivity index (χ1) is 10.0. The fourth-order valence-electron chi connectivity index (χ4n) is 2.39. The lowest BCUT2D eigenvalue weighted by Gasteiger charge is -2.27. The molecule has 1 aliphatic rings. The number of carbonyl (C=O) groups excluding carboxylic acids is 1. The van der Waals surface area contributed by atoms with Crippen LogP contribution in [0.1, 0.15) is 30.5 Å². The van der Waals surface area contributed by atoms with Gasteiger partial charge in [0.25, 0.3) is 5.91 Å². The van der Waals surface area contributed by atoms with Crippen LogP contribution in [0.15, 0.2) is 30.3 Å². The number of thiophene rings is 1. The van der Waals surface area contributed by atoms with Gasteiger partial charge in [-0.3, -0.25) is 4.79 Å². The van der Waals surface area contributed by atoms with Crippen molar-refractivity contribution in [1.29, 1.82) is 0 Å². The van der Waals surface area contributed by atoms with E-state index in [1.54, 1.807) is 35.2 Å². The van der Waals surface area contributed by atoms with E-state index in [-0.39, 0.29) is 5.91 Å². The second kappa shape index (κ2) is 5.50. The fourth-order valence-corrected chi connectivity index (χ4v) is 3.51. The summed E-state index contributed by atoms with van der Waals surface area (Å²) in [6.07, 6.45) is 0.701. The Morgan fingerprint density at radius 2 is 1.95 bits per heavy atom. The Bertz CT molecular complexity index is 708. The lowest BCUT2D eigenvalue weighted by molar-refractivity contribution is 0.0701. The van der Waals surface area contributed by atoms with E-state index in [0.717, 1.165) is 10.4 Å². The summed E-state index contributed by atoms with van der Waals surface area (Å²) in [4.78, 5) is 26.6. The van der Waals surface area contributed by atoms with Crippen molar-refractivity contribution in [2.75, 3.05) is 6.54 Å². The van der Waals surface area contributed by atoms with Crippen LogP contribution in [-0.2, 0) is 13.0 Å². The number of aromatic carboxylic acids is 1. The number of rotatable bonds is 2. The van der Waals surface area contributed by atoms with Crippen molar-refractivity contribution in [3.63, 3.8) is 0 Å². The molecule has 1 aromatic heterocycles. The maximum Gasteiger partial charge on any atom is 0.345 e. The Labute approximate surface area is 130 Å². The molecule has 0 radical (unpaired) electrons. The van der Waals surface area contributed by atoms with E-state index in [4.69, 9.17) is 16.7 Å². The summed E-state index contributed by atoms with van der Waals surface area (Å²) in [6.45, 7) is 1.06. The van der Waals surface area contributed by atoms with Gasteiger partial charge in [0.1, 0.15) is 4.88 Å². The molecule has 1 amide bonds. The van der Waals surface area contributed by atoms with Crippen molar-refractivity contribution >= 4 is 34.8 Å². The largest absolute Gasteiger partial charge is 0.477 e. The van der Waals surface area contributed by atoms with Gasteiger partial charge in [-0.1, -0.05) is 11.6 Å². The topological polar surface area (TPSA) is 57.6 Å². The van der Waals surface area contributed by atoms with Crippen LogP contribution in [0.25, 0.3) is 0 Å². The highest BCUT2D eigenvalue weighted by atomic mass is 35.5. The van der Waals surface area contributed by atoms with Gasteiger partial charge in [0.05, 0.1) is 0 Å². The van der Waals surface area contributed by atoms with Crippen LogP contribution in [0.2, 0.25) is 5.02 Å². The van der Waals surface area contributed by atoms with Gasteiger partial charge in [-0.2, -0.15) is 0 Å². The molecular weight excluding hydrogens is 310 g/mol. The van der Waals surface area contributed by atoms with E-state index in [9.17, 15) is 9.59 Å². The van der Waals surface area contributed by atoms with Crippen LogP contribution in [0.5, 0.6) is 0 Å². The van der Waals surface area contributed by atoms with Gasteiger partial charge in [-0.25, -0.2) is 4.79 Å². The molecule has 1 aromatic carbocycles. The standard InChI is InChI=1S/C15H12ClNO3S/c16-11-3-1-9(2-4-11)14(18)17-6-5-12-10(8-17)7-13(21-12)15(19)20/h1-4,7H,5-6,8H2,(H,19,20). The number of carbonyl (C=O) groups is 2. The third kappa shape index (κ3) is 2.80. The van der Waals surface area contributed by atoms with Gasteiger partial charge in [-0.05, 0) is 42.3 Å². The average molecular weight is 322 g/mol. The highest BCUT2D eigenvalue weighted by Gasteiger charge is 2.24. The summed E-state index contributed by atoms with van der Waals surface area (Å²) in [5.74, 6) is -0.967. The summed E-state index contributed by atoms with van der Waals surface area (Å²) < 4.78 is 0. The molecule has 0 fully saturated rings. The maximum atomic E-state index is 12.4. The molecule has 0 saturated heterocycles. The molecule has 0 atom stereocenters. The van der Waals surface area contributed by atoms with E-state index >= 15 is 0 Å². The molecule has 0 saturated carbocycles. The SMILES string of the molecule is O=C(O)c1cc2c(s1)CCN(C(=O)c1ccc(Cl)cc1)C2. The van der Waals surface area contributed by atoms with Crippen molar-refractivity contribution in [2.45, 2.75) is 13.0 Å². The molecule has 1 aliphatic heterocycles. The number of fused-ring (bicyclic) bond motifs is 1. The minimum absolute atomic E-state index is 0.0552. The molecular formula is C15H12ClNO3S. The van der Waals surface area contributed by atoms with Crippen molar-refractivity contribution in [1.82, 2.24) is 4.90 Å². The van der Waals surface area contributed by atoms with Gasteiger partial charge in [0.15, 0.2) is 0 Å². The Morgan fingerprint density at radius 1 is 1.24 bits per heavy atom. The zero-order chi connectivity index (χ0) is 15.0. The molecule has 2 heterocycles. The Morgan fingerprint density at radius 3 is 2.62 bits per heavy atom. The molecule has 6 heteroatoms. The minimum Gasteiger partial charge on any atom is -0.477 e. The lowest BCUT2D eigenvalue weighted by atomic mass is 10.1. The Kier molecular flexibility index (Phi) is 3.69. The molecule has 3 rings (SSSR count). The van der Waals surface area contributed by atoms with Crippen LogP contribution in [-0.4, -0.2) is 28.4 Å². The zero-order valence-corrected chi connectivity index (χ0v) is 12.6. The first-order valence-electron chi connectivity index (χ1n) is 6.44. The third-order valence-corrected chi connectivity index (χ3v) is 4.93. The van der Waals surface area contributed by atoms with Crippen molar-refractivity contribution < 1.29 is 14.7 Å². The van der Waals surface area contributed by atoms with Crippen LogP contribution in [0.4, 0.5) is 0 Å². The molecule has 2 aromatic rings. The van der Waals surface area contributed by atoms with Crippen LogP contribution < -0.4 is 0 Å². The summed E-state index contributed by atoms with van der Waals surface area (Å²) in [5, 5.41) is 9.62. The zero-order valence-electron chi connectivity index (χ0n) is 11.0. The van der Waals surface area contributed by atoms with Crippen molar-refractivity contribution in [3.8, 4) is 0 Å². The number of carboxylic acids is 1. The van der Waals surface area contributed by atoms with E-state index in [2.05, 4.69) is 0 Å². The van der Waals surface area contributed by atoms with Gasteiger partial charge in [-0.15, -0.1) is 11.3 Å². The molecule has 108 valence electrons. The highest BCUT2D eigenvalue weighted by molar-refractivity contribution is 7.14.